The van der Waals surface area contributed by atoms with E-state index in [1.165, 1.54) is 0 Å². The van der Waals surface area contributed by atoms with Crippen LogP contribution in [-0.4, -0.2) is 44.0 Å². The number of benzene rings is 1. The van der Waals surface area contributed by atoms with Crippen LogP contribution in [-0.2, 0) is 18.5 Å². The lowest BCUT2D eigenvalue weighted by molar-refractivity contribution is -0.128. The number of ketones is 2. The number of carbonyl (C=O) groups is 2. The molecule has 2 atom stereocenters. The molecule has 0 radical (unpaired) electrons. The predicted molar refractivity (Wildman–Crippen MR) is 123 cm³/mol. The van der Waals surface area contributed by atoms with E-state index in [1.807, 2.05) is 26.0 Å². The fraction of sp³-hybridized carbons (Fsp3) is 0.652. The van der Waals surface area contributed by atoms with Crippen molar-refractivity contribution in [1.29, 1.82) is 0 Å². The number of hydrogen-bond acceptors (Lipinski definition) is 5. The van der Waals surface area contributed by atoms with Crippen LogP contribution in [0, 0.1) is 16.7 Å². The highest BCUT2D eigenvalue weighted by Crippen LogP contribution is 2.64. The summed E-state index contributed by atoms with van der Waals surface area (Å²) in [6, 6.07) is 7.45. The summed E-state index contributed by atoms with van der Waals surface area (Å²) in [6.07, 6.45) is 5.34. The van der Waals surface area contributed by atoms with Gasteiger partial charge in [-0.15, -0.1) is 10.3 Å². The van der Waals surface area contributed by atoms with Crippen LogP contribution in [0.2, 0.25) is 0 Å². The van der Waals surface area contributed by atoms with Crippen molar-refractivity contribution in [2.45, 2.75) is 52.9 Å². The lowest BCUT2D eigenvalue weighted by Gasteiger charge is -2.37. The van der Waals surface area contributed by atoms with Crippen molar-refractivity contribution in [1.82, 2.24) is 0 Å². The Kier molecular flexibility index (Phi) is 6.06. The molecule has 0 spiro atoms. The Hall–Kier alpha value is -1.18. The van der Waals surface area contributed by atoms with Crippen LogP contribution in [0.15, 0.2) is 24.3 Å². The molecule has 2 bridgehead atoms. The Morgan fingerprint density at radius 3 is 2.23 bits per heavy atom. The highest BCUT2D eigenvalue weighted by Gasteiger charge is 2.65. The monoisotopic (exact) mass is 454 g/mol. The van der Waals surface area contributed by atoms with Gasteiger partial charge >= 0.3 is 0 Å². The molecule has 0 aliphatic heterocycles. The van der Waals surface area contributed by atoms with Gasteiger partial charge in [0.15, 0.2) is 5.78 Å². The van der Waals surface area contributed by atoms with Gasteiger partial charge in [-0.05, 0) is 48.2 Å². The minimum Gasteiger partial charge on any atom is -0.299 e. The first-order valence-corrected chi connectivity index (χ1v) is 14.6. The van der Waals surface area contributed by atoms with E-state index in [9.17, 15) is 18.0 Å². The number of Topliss-reactive ketones (excluding diaryl/α,β-unsaturated/α-hetero) is 2. The Balaban J connectivity index is 1.71. The predicted octanol–water partition coefficient (Wildman–Crippen LogP) is 4.71. The Labute approximate surface area is 182 Å². The fourth-order valence-electron chi connectivity index (χ4n) is 5.19. The van der Waals surface area contributed by atoms with E-state index < -0.39 is 25.8 Å². The zero-order valence-electron chi connectivity index (χ0n) is 18.9. The summed E-state index contributed by atoms with van der Waals surface area (Å²) in [4.78, 5) is 25.4. The number of rotatable bonds is 8. The maximum atomic E-state index is 13.0. The molecular weight excluding hydrogens is 420 g/mol. The smallest absolute Gasteiger partial charge is 0.277 e. The summed E-state index contributed by atoms with van der Waals surface area (Å²) in [5.74, 6) is 0.288. The standard InChI is InChI=1S/C23H34O5S2/c1-16(2)17-7-9-18(10-8-17)20(24)14-29(5,6)28-30(26,27)15-23-12-11-19(13-21(23)25)22(23,3)4/h7-10,16,19H,11-15H2,1-6H3. The molecule has 0 N–H and O–H groups in total. The van der Waals surface area contributed by atoms with E-state index >= 15 is 0 Å². The zero-order chi connectivity index (χ0) is 22.5. The van der Waals surface area contributed by atoms with Crippen molar-refractivity contribution in [2.75, 3.05) is 24.0 Å². The molecule has 2 saturated carbocycles. The van der Waals surface area contributed by atoms with Crippen molar-refractivity contribution in [3.05, 3.63) is 35.4 Å². The van der Waals surface area contributed by atoms with Gasteiger partial charge in [0.2, 0.25) is 0 Å². The van der Waals surface area contributed by atoms with Gasteiger partial charge in [-0.1, -0.05) is 52.0 Å². The van der Waals surface area contributed by atoms with Crippen molar-refractivity contribution in [3.63, 3.8) is 0 Å². The van der Waals surface area contributed by atoms with Gasteiger partial charge in [-0.3, -0.25) is 9.59 Å². The van der Waals surface area contributed by atoms with Crippen LogP contribution in [0.1, 0.15) is 68.8 Å². The number of hydrogen-bond donors (Lipinski definition) is 0. The molecule has 5 nitrogen and oxygen atoms in total. The van der Waals surface area contributed by atoms with Crippen molar-refractivity contribution in [2.24, 2.45) is 16.7 Å². The highest BCUT2D eigenvalue weighted by atomic mass is 32.3. The Bertz CT molecular complexity index is 944. The molecular formula is C23H34O5S2. The van der Waals surface area contributed by atoms with Crippen LogP contribution in [0.5, 0.6) is 0 Å². The molecule has 7 heteroatoms. The first-order valence-electron chi connectivity index (χ1n) is 10.5. The molecule has 2 fully saturated rings. The Morgan fingerprint density at radius 1 is 1.17 bits per heavy atom. The highest BCUT2D eigenvalue weighted by molar-refractivity contribution is 8.32. The van der Waals surface area contributed by atoms with Crippen molar-refractivity contribution >= 4 is 32.0 Å². The van der Waals surface area contributed by atoms with Gasteiger partial charge < -0.3 is 0 Å². The van der Waals surface area contributed by atoms with Gasteiger partial charge in [0, 0.05) is 12.0 Å². The van der Waals surface area contributed by atoms with E-state index in [4.69, 9.17) is 3.63 Å². The van der Waals surface area contributed by atoms with Crippen LogP contribution in [0.25, 0.3) is 0 Å². The summed E-state index contributed by atoms with van der Waals surface area (Å²) in [7, 11) is -6.13. The molecule has 2 aliphatic carbocycles. The third kappa shape index (κ3) is 4.26. The third-order valence-electron chi connectivity index (χ3n) is 7.23. The minimum atomic E-state index is -3.95. The molecule has 0 heterocycles. The second-order valence-corrected chi connectivity index (χ2v) is 15.3. The molecule has 0 aromatic heterocycles. The average Bonchev–Trinajstić information content (AvgIpc) is 2.94. The molecule has 2 unspecified atom stereocenters. The van der Waals surface area contributed by atoms with Crippen molar-refractivity contribution < 1.29 is 21.6 Å². The van der Waals surface area contributed by atoms with Gasteiger partial charge in [-0.25, -0.2) is 3.63 Å². The average molecular weight is 455 g/mol. The molecule has 0 saturated heterocycles. The van der Waals surface area contributed by atoms with Crippen LogP contribution >= 0.6 is 10.3 Å². The summed E-state index contributed by atoms with van der Waals surface area (Å²) in [5.41, 5.74) is 0.511. The fourth-order valence-corrected chi connectivity index (χ4v) is 9.90. The lowest BCUT2D eigenvalue weighted by atomic mass is 9.70. The largest absolute Gasteiger partial charge is 0.299 e. The number of carbonyl (C=O) groups excluding carboxylic acids is 2. The second-order valence-electron chi connectivity index (χ2n) is 10.2. The van der Waals surface area contributed by atoms with E-state index in [0.29, 0.717) is 24.3 Å². The second kappa shape index (κ2) is 7.75. The summed E-state index contributed by atoms with van der Waals surface area (Å²) in [6.45, 7) is 8.19. The van der Waals surface area contributed by atoms with Crippen LogP contribution in [0.4, 0.5) is 0 Å². The van der Waals surface area contributed by atoms with Gasteiger partial charge in [0.25, 0.3) is 10.1 Å². The quantitative estimate of drug-likeness (QED) is 0.532. The molecule has 1 aromatic carbocycles. The molecule has 0 amide bonds. The van der Waals surface area contributed by atoms with Gasteiger partial charge in [0.1, 0.15) is 5.78 Å². The molecule has 30 heavy (non-hydrogen) atoms. The maximum Gasteiger partial charge on any atom is 0.277 e. The van der Waals surface area contributed by atoms with E-state index in [-0.39, 0.29) is 34.4 Å². The molecule has 1 aromatic rings. The zero-order valence-corrected chi connectivity index (χ0v) is 20.5. The molecule has 2 aliphatic rings. The minimum absolute atomic E-state index is 0.0280. The maximum absolute atomic E-state index is 13.0. The number of fused-ring (bicyclic) bond motifs is 2. The topological polar surface area (TPSA) is 77.5 Å². The third-order valence-corrected chi connectivity index (χ3v) is 11.3. The first-order chi connectivity index (χ1) is 13.7. The molecule has 168 valence electrons. The molecule has 3 rings (SSSR count). The van der Waals surface area contributed by atoms with Crippen LogP contribution < -0.4 is 0 Å². The summed E-state index contributed by atoms with van der Waals surface area (Å²) in [5, 5.41) is 0. The Morgan fingerprint density at radius 2 is 1.77 bits per heavy atom. The SMILES string of the molecule is CC(C)c1ccc(C(=O)CS(C)(C)OS(=O)(=O)CC23CCC(CC2=O)C3(C)C)cc1. The van der Waals surface area contributed by atoms with Crippen molar-refractivity contribution in [3.8, 4) is 0 Å². The first kappa shape index (κ1) is 23.5. The van der Waals surface area contributed by atoms with Crippen LogP contribution in [0.3, 0.4) is 0 Å². The van der Waals surface area contributed by atoms with Gasteiger partial charge in [-0.2, -0.15) is 8.42 Å². The van der Waals surface area contributed by atoms with Gasteiger partial charge in [0.05, 0.1) is 16.9 Å². The van der Waals surface area contributed by atoms with E-state index in [0.717, 1.165) is 12.0 Å². The lowest BCUT2D eigenvalue weighted by Crippen LogP contribution is -2.42. The van der Waals surface area contributed by atoms with E-state index in [1.54, 1.807) is 24.6 Å². The summed E-state index contributed by atoms with van der Waals surface area (Å²) >= 11 is 0. The normalized spacial score (nSPS) is 26.4. The van der Waals surface area contributed by atoms with E-state index in [2.05, 4.69) is 13.8 Å². The summed E-state index contributed by atoms with van der Waals surface area (Å²) < 4.78 is 31.6.